The topological polar surface area (TPSA) is 157 Å². The van der Waals surface area contributed by atoms with Crippen LogP contribution in [0.3, 0.4) is 0 Å². The lowest BCUT2D eigenvalue weighted by Crippen LogP contribution is -2.53. The van der Waals surface area contributed by atoms with E-state index in [0.29, 0.717) is 19.4 Å². The number of rotatable bonds is 9. The van der Waals surface area contributed by atoms with Crippen molar-refractivity contribution >= 4 is 29.6 Å². The van der Waals surface area contributed by atoms with Gasteiger partial charge in [0.2, 0.25) is 11.8 Å². The number of ether oxygens (including phenoxy) is 2. The Morgan fingerprint density at radius 3 is 2.47 bits per heavy atom. The highest BCUT2D eigenvalue weighted by Gasteiger charge is 2.36. The molecule has 3 amide bonds. The van der Waals surface area contributed by atoms with Gasteiger partial charge in [-0.2, -0.15) is 0 Å². The Kier molecular flexibility index (Phi) is 8.92. The SMILES string of the molecule is C[C@@H](NC(=O)OCc1ccccc1)C(=O)N1CCC[C@H]1C(=O)NCC(=O)Oc1ccc([N+](=O)[O-])cc1. The van der Waals surface area contributed by atoms with Crippen LogP contribution in [0, 0.1) is 10.1 Å². The summed E-state index contributed by atoms with van der Waals surface area (Å²) in [6, 6.07) is 12.3. The molecule has 0 saturated carbocycles. The first-order valence-corrected chi connectivity index (χ1v) is 11.2. The molecule has 36 heavy (non-hydrogen) atoms. The molecule has 2 N–H and O–H groups in total. The van der Waals surface area contributed by atoms with E-state index in [1.165, 1.54) is 36.1 Å². The van der Waals surface area contributed by atoms with Gasteiger partial charge in [-0.15, -0.1) is 0 Å². The van der Waals surface area contributed by atoms with Crippen LogP contribution in [0.15, 0.2) is 54.6 Å². The molecule has 1 aliphatic rings. The molecular formula is C24H26N4O8. The molecule has 0 radical (unpaired) electrons. The van der Waals surface area contributed by atoms with Crippen LogP contribution in [-0.2, 0) is 25.7 Å². The number of hydrogen-bond donors (Lipinski definition) is 2. The Balaban J connectivity index is 1.45. The summed E-state index contributed by atoms with van der Waals surface area (Å²) in [4.78, 5) is 61.1. The number of carbonyl (C=O) groups is 4. The Bertz CT molecular complexity index is 1110. The molecule has 2 aromatic carbocycles. The Labute approximate surface area is 206 Å². The lowest BCUT2D eigenvalue weighted by molar-refractivity contribution is -0.384. The molecule has 2 aromatic rings. The van der Waals surface area contributed by atoms with Crippen LogP contribution >= 0.6 is 0 Å². The first-order valence-electron chi connectivity index (χ1n) is 11.2. The van der Waals surface area contributed by atoms with Crippen molar-refractivity contribution in [2.45, 2.75) is 38.5 Å². The number of alkyl carbamates (subject to hydrolysis) is 1. The third kappa shape index (κ3) is 7.26. The first kappa shape index (κ1) is 26.1. The molecule has 190 valence electrons. The van der Waals surface area contributed by atoms with Gasteiger partial charge in [-0.1, -0.05) is 30.3 Å². The standard InChI is InChI=1S/C24H26N4O8/c1-16(26-24(32)35-15-17-6-3-2-4-7-17)23(31)27-13-5-8-20(27)22(30)25-14-21(29)36-19-11-9-18(10-12-19)28(33)34/h2-4,6-7,9-12,16,20H,5,8,13-15H2,1H3,(H,25,30)(H,26,32)/t16-,20+/m1/s1. The molecule has 12 nitrogen and oxygen atoms in total. The van der Waals surface area contributed by atoms with Gasteiger partial charge in [-0.25, -0.2) is 9.59 Å². The summed E-state index contributed by atoms with van der Waals surface area (Å²) in [6.45, 7) is 1.43. The van der Waals surface area contributed by atoms with E-state index in [4.69, 9.17) is 9.47 Å². The Morgan fingerprint density at radius 1 is 1.11 bits per heavy atom. The highest BCUT2D eigenvalue weighted by atomic mass is 16.6. The van der Waals surface area contributed by atoms with E-state index < -0.39 is 47.4 Å². The second-order valence-corrected chi connectivity index (χ2v) is 8.06. The minimum atomic E-state index is -0.922. The van der Waals surface area contributed by atoms with Crippen molar-refractivity contribution in [3.05, 3.63) is 70.3 Å². The summed E-state index contributed by atoms with van der Waals surface area (Å²) in [5, 5.41) is 15.6. The molecule has 0 aliphatic carbocycles. The van der Waals surface area contributed by atoms with Crippen LogP contribution in [0.25, 0.3) is 0 Å². The largest absolute Gasteiger partial charge is 0.445 e. The minimum Gasteiger partial charge on any atom is -0.445 e. The van der Waals surface area contributed by atoms with Crippen molar-refractivity contribution < 1.29 is 33.6 Å². The number of nitrogens with one attached hydrogen (secondary N) is 2. The van der Waals surface area contributed by atoms with Gasteiger partial charge in [0.1, 0.15) is 31.0 Å². The van der Waals surface area contributed by atoms with Gasteiger partial charge in [0.25, 0.3) is 5.69 Å². The van der Waals surface area contributed by atoms with E-state index in [-0.39, 0.29) is 18.0 Å². The summed E-state index contributed by atoms with van der Waals surface area (Å²) in [5.74, 6) is -1.65. The van der Waals surface area contributed by atoms with Crippen molar-refractivity contribution in [1.82, 2.24) is 15.5 Å². The zero-order valence-electron chi connectivity index (χ0n) is 19.5. The van der Waals surface area contributed by atoms with Crippen molar-refractivity contribution in [2.75, 3.05) is 13.1 Å². The van der Waals surface area contributed by atoms with Crippen LogP contribution in [0.2, 0.25) is 0 Å². The number of hydrogen-bond acceptors (Lipinski definition) is 8. The zero-order valence-corrected chi connectivity index (χ0v) is 19.5. The number of nitro groups is 1. The van der Waals surface area contributed by atoms with Crippen LogP contribution in [0.1, 0.15) is 25.3 Å². The van der Waals surface area contributed by atoms with Gasteiger partial charge in [0.05, 0.1) is 4.92 Å². The molecule has 1 saturated heterocycles. The fourth-order valence-electron chi connectivity index (χ4n) is 3.64. The molecule has 0 aromatic heterocycles. The van der Waals surface area contributed by atoms with E-state index in [1.54, 1.807) is 12.1 Å². The lowest BCUT2D eigenvalue weighted by atomic mass is 10.2. The fraction of sp³-hybridized carbons (Fsp3) is 0.333. The predicted octanol–water partition coefficient (Wildman–Crippen LogP) is 1.92. The average Bonchev–Trinajstić information content (AvgIpc) is 3.36. The number of amides is 3. The monoisotopic (exact) mass is 498 g/mol. The third-order valence-corrected chi connectivity index (χ3v) is 5.44. The molecule has 0 bridgehead atoms. The van der Waals surface area contributed by atoms with Crippen LogP contribution in [0.4, 0.5) is 10.5 Å². The number of esters is 1. The number of nitro benzene ring substituents is 1. The third-order valence-electron chi connectivity index (χ3n) is 5.44. The summed E-state index contributed by atoms with van der Waals surface area (Å²) in [7, 11) is 0. The normalized spacial score (nSPS) is 15.5. The Morgan fingerprint density at radius 2 is 1.81 bits per heavy atom. The first-order chi connectivity index (χ1) is 17.2. The van der Waals surface area contributed by atoms with Gasteiger partial charge in [0, 0.05) is 18.7 Å². The molecular weight excluding hydrogens is 472 g/mol. The smallest absolute Gasteiger partial charge is 0.408 e. The van der Waals surface area contributed by atoms with E-state index >= 15 is 0 Å². The van der Waals surface area contributed by atoms with Crippen LogP contribution < -0.4 is 15.4 Å². The summed E-state index contributed by atoms with van der Waals surface area (Å²) in [6.07, 6.45) is 0.233. The maximum atomic E-state index is 12.9. The zero-order chi connectivity index (χ0) is 26.1. The van der Waals surface area contributed by atoms with Crippen molar-refractivity contribution in [3.8, 4) is 5.75 Å². The molecule has 12 heteroatoms. The molecule has 1 fully saturated rings. The summed E-state index contributed by atoms with van der Waals surface area (Å²) in [5.41, 5.74) is 0.650. The fourth-order valence-corrected chi connectivity index (χ4v) is 3.64. The number of likely N-dealkylation sites (tertiary alicyclic amines) is 1. The van der Waals surface area contributed by atoms with E-state index in [0.717, 1.165) is 5.56 Å². The van der Waals surface area contributed by atoms with Gasteiger partial charge in [-0.3, -0.25) is 19.7 Å². The van der Waals surface area contributed by atoms with Crippen molar-refractivity contribution in [2.24, 2.45) is 0 Å². The molecule has 1 heterocycles. The number of nitrogens with zero attached hydrogens (tertiary/aromatic N) is 2. The van der Waals surface area contributed by atoms with Gasteiger partial charge in [-0.05, 0) is 37.5 Å². The Hall–Kier alpha value is -4.48. The van der Waals surface area contributed by atoms with Crippen molar-refractivity contribution in [1.29, 1.82) is 0 Å². The quantitative estimate of drug-likeness (QED) is 0.230. The maximum Gasteiger partial charge on any atom is 0.408 e. The van der Waals surface area contributed by atoms with Crippen LogP contribution in [0.5, 0.6) is 5.75 Å². The molecule has 3 rings (SSSR count). The number of benzene rings is 2. The van der Waals surface area contributed by atoms with Gasteiger partial charge < -0.3 is 25.0 Å². The molecule has 1 aliphatic heterocycles. The number of carbonyl (C=O) groups excluding carboxylic acids is 4. The predicted molar refractivity (Wildman–Crippen MR) is 126 cm³/mol. The van der Waals surface area contributed by atoms with E-state index in [2.05, 4.69) is 10.6 Å². The summed E-state index contributed by atoms with van der Waals surface area (Å²) >= 11 is 0. The van der Waals surface area contributed by atoms with Crippen LogP contribution in [-0.4, -0.2) is 58.9 Å². The molecule has 0 unspecified atom stereocenters. The maximum absolute atomic E-state index is 12.9. The second-order valence-electron chi connectivity index (χ2n) is 8.06. The van der Waals surface area contributed by atoms with Gasteiger partial charge >= 0.3 is 12.1 Å². The molecule has 0 spiro atoms. The highest BCUT2D eigenvalue weighted by molar-refractivity contribution is 5.92. The molecule has 2 atom stereocenters. The highest BCUT2D eigenvalue weighted by Crippen LogP contribution is 2.19. The minimum absolute atomic E-state index is 0.0539. The lowest BCUT2D eigenvalue weighted by Gasteiger charge is -2.26. The second kappa shape index (κ2) is 12.3. The number of non-ortho nitro benzene ring substituents is 1. The van der Waals surface area contributed by atoms with Crippen molar-refractivity contribution in [3.63, 3.8) is 0 Å². The average molecular weight is 498 g/mol. The van der Waals surface area contributed by atoms with E-state index in [9.17, 15) is 29.3 Å². The van der Waals surface area contributed by atoms with E-state index in [1.807, 2.05) is 18.2 Å². The summed E-state index contributed by atoms with van der Waals surface area (Å²) < 4.78 is 10.2. The van der Waals surface area contributed by atoms with Gasteiger partial charge in [0.15, 0.2) is 0 Å².